The fourth-order valence-electron chi connectivity index (χ4n) is 2.19. The highest BCUT2D eigenvalue weighted by atomic mass is 16.2. The molecule has 3 rings (SSSR count). The van der Waals surface area contributed by atoms with E-state index in [4.69, 9.17) is 0 Å². The molecule has 2 amide bonds. The second kappa shape index (κ2) is 6.74. The highest BCUT2D eigenvalue weighted by molar-refractivity contribution is 6.05. The van der Waals surface area contributed by atoms with Gasteiger partial charge in [0.15, 0.2) is 0 Å². The van der Waals surface area contributed by atoms with Crippen molar-refractivity contribution in [2.45, 2.75) is 0 Å². The molecular formula is C17H15N5O2. The maximum absolute atomic E-state index is 12.3. The molecule has 7 heteroatoms. The number of aromatic nitrogens is 3. The second-order valence-electron chi connectivity index (χ2n) is 5.00. The van der Waals surface area contributed by atoms with Crippen LogP contribution in [0.4, 0.5) is 5.69 Å². The summed E-state index contributed by atoms with van der Waals surface area (Å²) in [7, 11) is 1.56. The van der Waals surface area contributed by atoms with Crippen molar-refractivity contribution in [3.05, 3.63) is 72.3 Å². The Labute approximate surface area is 138 Å². The van der Waals surface area contributed by atoms with E-state index >= 15 is 0 Å². The molecule has 0 radical (unpaired) electrons. The predicted molar refractivity (Wildman–Crippen MR) is 89.1 cm³/mol. The lowest BCUT2D eigenvalue weighted by molar-refractivity contribution is 0.0961. The molecule has 0 bridgehead atoms. The van der Waals surface area contributed by atoms with Crippen molar-refractivity contribution < 1.29 is 9.59 Å². The van der Waals surface area contributed by atoms with E-state index in [0.29, 0.717) is 16.8 Å². The van der Waals surface area contributed by atoms with E-state index in [1.54, 1.807) is 66.6 Å². The number of nitrogens with zero attached hydrogens (tertiary/aromatic N) is 3. The maximum Gasteiger partial charge on any atom is 0.255 e. The van der Waals surface area contributed by atoms with E-state index in [9.17, 15) is 9.59 Å². The Hall–Kier alpha value is -3.48. The number of carbonyl (C=O) groups excluding carboxylic acids is 2. The van der Waals surface area contributed by atoms with Crippen molar-refractivity contribution in [1.29, 1.82) is 0 Å². The summed E-state index contributed by atoms with van der Waals surface area (Å²) in [5.41, 5.74) is 2.35. The van der Waals surface area contributed by atoms with Crippen LogP contribution >= 0.6 is 0 Å². The number of benzene rings is 2. The van der Waals surface area contributed by atoms with Crippen LogP contribution in [-0.2, 0) is 0 Å². The summed E-state index contributed by atoms with van der Waals surface area (Å²) in [4.78, 5) is 27.8. The average molecular weight is 321 g/mol. The molecule has 1 heterocycles. The Kier molecular flexibility index (Phi) is 4.33. The van der Waals surface area contributed by atoms with Gasteiger partial charge >= 0.3 is 0 Å². The summed E-state index contributed by atoms with van der Waals surface area (Å²) < 4.78 is 1.61. The molecule has 0 unspecified atom stereocenters. The molecule has 0 aliphatic carbocycles. The highest BCUT2D eigenvalue weighted by Gasteiger charge is 2.09. The van der Waals surface area contributed by atoms with E-state index in [1.165, 1.54) is 6.33 Å². The van der Waals surface area contributed by atoms with Gasteiger partial charge in [0.2, 0.25) is 0 Å². The van der Waals surface area contributed by atoms with Crippen molar-refractivity contribution in [3.8, 4) is 5.69 Å². The minimum Gasteiger partial charge on any atom is -0.355 e. The van der Waals surface area contributed by atoms with Gasteiger partial charge in [-0.15, -0.1) is 0 Å². The molecule has 7 nitrogen and oxygen atoms in total. The normalized spacial score (nSPS) is 10.2. The van der Waals surface area contributed by atoms with Gasteiger partial charge in [0.25, 0.3) is 11.8 Å². The number of hydrogen-bond acceptors (Lipinski definition) is 4. The lowest BCUT2D eigenvalue weighted by atomic mass is 10.1. The van der Waals surface area contributed by atoms with Gasteiger partial charge in [-0.1, -0.05) is 6.07 Å². The highest BCUT2D eigenvalue weighted by Crippen LogP contribution is 2.14. The fourth-order valence-corrected chi connectivity index (χ4v) is 2.19. The van der Waals surface area contributed by atoms with Crippen LogP contribution in [0.1, 0.15) is 20.7 Å². The summed E-state index contributed by atoms with van der Waals surface area (Å²) in [5, 5.41) is 9.36. The predicted octanol–water partition coefficient (Wildman–Crippen LogP) is 1.88. The maximum atomic E-state index is 12.3. The number of nitrogens with one attached hydrogen (secondary N) is 2. The van der Waals surface area contributed by atoms with E-state index in [2.05, 4.69) is 20.7 Å². The van der Waals surface area contributed by atoms with Gasteiger partial charge in [-0.3, -0.25) is 9.59 Å². The number of amides is 2. The van der Waals surface area contributed by atoms with Gasteiger partial charge < -0.3 is 10.6 Å². The van der Waals surface area contributed by atoms with Crippen LogP contribution in [0.25, 0.3) is 5.69 Å². The van der Waals surface area contributed by atoms with E-state index in [-0.39, 0.29) is 11.8 Å². The van der Waals surface area contributed by atoms with Crippen molar-refractivity contribution in [2.24, 2.45) is 0 Å². The third-order valence-corrected chi connectivity index (χ3v) is 3.42. The van der Waals surface area contributed by atoms with Gasteiger partial charge in [-0.2, -0.15) is 5.10 Å². The van der Waals surface area contributed by atoms with Gasteiger partial charge in [0, 0.05) is 23.9 Å². The van der Waals surface area contributed by atoms with Crippen LogP contribution in [0.3, 0.4) is 0 Å². The molecule has 2 aromatic carbocycles. The van der Waals surface area contributed by atoms with Crippen LogP contribution in [0.5, 0.6) is 0 Å². The first-order valence-corrected chi connectivity index (χ1v) is 7.26. The van der Waals surface area contributed by atoms with E-state index in [1.807, 2.05) is 0 Å². The zero-order valence-corrected chi connectivity index (χ0v) is 12.9. The van der Waals surface area contributed by atoms with Crippen molar-refractivity contribution in [3.63, 3.8) is 0 Å². The first-order chi connectivity index (χ1) is 11.7. The smallest absolute Gasteiger partial charge is 0.255 e. The molecule has 24 heavy (non-hydrogen) atoms. The Bertz CT molecular complexity index is 857. The Morgan fingerprint density at radius 3 is 2.46 bits per heavy atom. The van der Waals surface area contributed by atoms with Gasteiger partial charge in [-0.25, -0.2) is 9.67 Å². The molecule has 0 aliphatic heterocycles. The summed E-state index contributed by atoms with van der Waals surface area (Å²) in [6.45, 7) is 0. The summed E-state index contributed by atoms with van der Waals surface area (Å²) in [5.74, 6) is -0.461. The summed E-state index contributed by atoms with van der Waals surface area (Å²) in [6, 6.07) is 13.7. The third kappa shape index (κ3) is 3.30. The van der Waals surface area contributed by atoms with Crippen molar-refractivity contribution >= 4 is 17.5 Å². The van der Waals surface area contributed by atoms with E-state index in [0.717, 1.165) is 5.69 Å². The second-order valence-corrected chi connectivity index (χ2v) is 5.00. The standard InChI is InChI=1S/C17H15N5O2/c1-18-16(23)13-3-2-4-14(9-13)21-17(24)12-5-7-15(8-6-12)22-11-19-10-20-22/h2-11H,1H3,(H,18,23)(H,21,24). The topological polar surface area (TPSA) is 88.9 Å². The van der Waals surface area contributed by atoms with Gasteiger partial charge in [0.05, 0.1) is 5.69 Å². The molecule has 0 saturated carbocycles. The molecule has 0 fully saturated rings. The molecule has 0 spiro atoms. The molecule has 2 N–H and O–H groups in total. The van der Waals surface area contributed by atoms with Gasteiger partial charge in [0.1, 0.15) is 12.7 Å². The summed E-state index contributed by atoms with van der Waals surface area (Å²) in [6.07, 6.45) is 3.03. The van der Waals surface area contributed by atoms with Crippen molar-refractivity contribution in [1.82, 2.24) is 20.1 Å². The monoisotopic (exact) mass is 321 g/mol. The van der Waals surface area contributed by atoms with Crippen molar-refractivity contribution in [2.75, 3.05) is 12.4 Å². The lowest BCUT2D eigenvalue weighted by Gasteiger charge is -2.08. The fraction of sp³-hybridized carbons (Fsp3) is 0.0588. The van der Waals surface area contributed by atoms with Crippen LogP contribution < -0.4 is 10.6 Å². The SMILES string of the molecule is CNC(=O)c1cccc(NC(=O)c2ccc(-n3cncn3)cc2)c1. The third-order valence-electron chi connectivity index (χ3n) is 3.42. The Morgan fingerprint density at radius 2 is 1.79 bits per heavy atom. The zero-order chi connectivity index (χ0) is 16.9. The lowest BCUT2D eigenvalue weighted by Crippen LogP contribution is -2.18. The number of carbonyl (C=O) groups is 2. The first kappa shape index (κ1) is 15.4. The quantitative estimate of drug-likeness (QED) is 0.768. The molecule has 120 valence electrons. The molecule has 1 aromatic heterocycles. The van der Waals surface area contributed by atoms with Crippen LogP contribution in [0.15, 0.2) is 61.2 Å². The molecule has 3 aromatic rings. The molecule has 0 saturated heterocycles. The minimum atomic E-state index is -0.255. The Balaban J connectivity index is 1.74. The minimum absolute atomic E-state index is 0.205. The summed E-state index contributed by atoms with van der Waals surface area (Å²) >= 11 is 0. The molecule has 0 aliphatic rings. The van der Waals surface area contributed by atoms with Crippen LogP contribution in [0, 0.1) is 0 Å². The van der Waals surface area contributed by atoms with Crippen LogP contribution in [-0.4, -0.2) is 33.6 Å². The largest absolute Gasteiger partial charge is 0.355 e. The number of rotatable bonds is 4. The van der Waals surface area contributed by atoms with E-state index < -0.39 is 0 Å². The first-order valence-electron chi connectivity index (χ1n) is 7.26. The zero-order valence-electron chi connectivity index (χ0n) is 12.9. The number of hydrogen-bond donors (Lipinski definition) is 2. The number of anilines is 1. The Morgan fingerprint density at radius 1 is 1.00 bits per heavy atom. The average Bonchev–Trinajstić information content (AvgIpc) is 3.16. The molecule has 0 atom stereocenters. The van der Waals surface area contributed by atoms with Crippen LogP contribution in [0.2, 0.25) is 0 Å². The molecular weight excluding hydrogens is 306 g/mol. The van der Waals surface area contributed by atoms with Gasteiger partial charge in [-0.05, 0) is 42.5 Å².